The average Bonchev–Trinajstić information content (AvgIpc) is 2.94. The van der Waals surface area contributed by atoms with Crippen LogP contribution in [-0.2, 0) is 6.42 Å². The van der Waals surface area contributed by atoms with Gasteiger partial charge in [0.1, 0.15) is 5.52 Å². The van der Waals surface area contributed by atoms with Crippen molar-refractivity contribution in [2.24, 2.45) is 5.92 Å². The SMILES string of the molecule is Brc1ccc2oc(CCC3CCNC3)nc2c1. The fourth-order valence-corrected chi connectivity index (χ4v) is 2.69. The van der Waals surface area contributed by atoms with Crippen LogP contribution in [-0.4, -0.2) is 18.1 Å². The predicted molar refractivity (Wildman–Crippen MR) is 71.0 cm³/mol. The molecule has 1 aliphatic heterocycles. The molecule has 1 aliphatic rings. The van der Waals surface area contributed by atoms with Gasteiger partial charge in [0.15, 0.2) is 11.5 Å². The second kappa shape index (κ2) is 4.78. The minimum absolute atomic E-state index is 0.789. The third kappa shape index (κ3) is 2.53. The Morgan fingerprint density at radius 1 is 1.47 bits per heavy atom. The van der Waals surface area contributed by atoms with Gasteiger partial charge in [-0.3, -0.25) is 0 Å². The molecule has 0 saturated carbocycles. The van der Waals surface area contributed by atoms with Crippen LogP contribution in [0, 0.1) is 5.92 Å². The third-order valence-corrected chi connectivity index (χ3v) is 3.82. The molecule has 1 unspecified atom stereocenters. The van der Waals surface area contributed by atoms with Gasteiger partial charge >= 0.3 is 0 Å². The molecule has 2 heterocycles. The molecule has 4 heteroatoms. The van der Waals surface area contributed by atoms with Gasteiger partial charge in [-0.2, -0.15) is 0 Å². The lowest BCUT2D eigenvalue weighted by Gasteiger charge is -2.04. The van der Waals surface area contributed by atoms with E-state index in [2.05, 4.69) is 26.2 Å². The van der Waals surface area contributed by atoms with E-state index in [4.69, 9.17) is 4.42 Å². The van der Waals surface area contributed by atoms with E-state index >= 15 is 0 Å². The first-order valence-corrected chi connectivity index (χ1v) is 6.86. The van der Waals surface area contributed by atoms with E-state index in [-0.39, 0.29) is 0 Å². The normalized spacial score (nSPS) is 20.2. The Morgan fingerprint density at radius 3 is 3.24 bits per heavy atom. The van der Waals surface area contributed by atoms with Crippen molar-refractivity contribution in [1.29, 1.82) is 0 Å². The second-order valence-corrected chi connectivity index (χ2v) is 5.53. The maximum absolute atomic E-state index is 5.73. The molecular weight excluding hydrogens is 280 g/mol. The number of nitrogens with zero attached hydrogens (tertiary/aromatic N) is 1. The molecule has 3 rings (SSSR count). The minimum Gasteiger partial charge on any atom is -0.441 e. The molecule has 17 heavy (non-hydrogen) atoms. The fraction of sp³-hybridized carbons (Fsp3) is 0.462. The molecule has 1 aromatic heterocycles. The smallest absolute Gasteiger partial charge is 0.195 e. The van der Waals surface area contributed by atoms with Crippen LogP contribution in [0.1, 0.15) is 18.7 Å². The van der Waals surface area contributed by atoms with Crippen molar-refractivity contribution in [2.45, 2.75) is 19.3 Å². The van der Waals surface area contributed by atoms with Crippen molar-refractivity contribution in [2.75, 3.05) is 13.1 Å². The number of benzene rings is 1. The summed E-state index contributed by atoms with van der Waals surface area (Å²) in [6.07, 6.45) is 3.39. The zero-order chi connectivity index (χ0) is 11.7. The van der Waals surface area contributed by atoms with Crippen LogP contribution >= 0.6 is 15.9 Å². The number of nitrogens with one attached hydrogen (secondary N) is 1. The number of hydrogen-bond donors (Lipinski definition) is 1. The second-order valence-electron chi connectivity index (χ2n) is 4.62. The topological polar surface area (TPSA) is 38.1 Å². The highest BCUT2D eigenvalue weighted by Crippen LogP contribution is 2.22. The van der Waals surface area contributed by atoms with E-state index < -0.39 is 0 Å². The summed E-state index contributed by atoms with van der Waals surface area (Å²) in [6.45, 7) is 2.30. The first-order valence-electron chi connectivity index (χ1n) is 6.07. The standard InChI is InChI=1S/C13H15BrN2O/c14-10-2-3-12-11(7-10)16-13(17-12)4-1-9-5-6-15-8-9/h2-3,7,9,15H,1,4-6,8H2. The van der Waals surface area contributed by atoms with Gasteiger partial charge < -0.3 is 9.73 Å². The summed E-state index contributed by atoms with van der Waals surface area (Å²) in [4.78, 5) is 4.52. The van der Waals surface area contributed by atoms with Gasteiger partial charge in [0.25, 0.3) is 0 Å². The number of aromatic nitrogens is 1. The van der Waals surface area contributed by atoms with Crippen LogP contribution in [0.5, 0.6) is 0 Å². The van der Waals surface area contributed by atoms with Gasteiger partial charge in [-0.15, -0.1) is 0 Å². The number of hydrogen-bond acceptors (Lipinski definition) is 3. The summed E-state index contributed by atoms with van der Waals surface area (Å²) in [5, 5.41) is 3.39. The average molecular weight is 295 g/mol. The number of rotatable bonds is 3. The molecule has 2 aromatic rings. The molecule has 0 bridgehead atoms. The van der Waals surface area contributed by atoms with E-state index in [0.717, 1.165) is 46.9 Å². The zero-order valence-corrected chi connectivity index (χ0v) is 11.2. The summed E-state index contributed by atoms with van der Waals surface area (Å²) in [5.41, 5.74) is 1.83. The van der Waals surface area contributed by atoms with Crippen molar-refractivity contribution in [3.63, 3.8) is 0 Å². The maximum atomic E-state index is 5.73. The molecule has 1 N–H and O–H groups in total. The lowest BCUT2D eigenvalue weighted by molar-refractivity contribution is 0.466. The highest BCUT2D eigenvalue weighted by Gasteiger charge is 2.15. The van der Waals surface area contributed by atoms with E-state index in [1.54, 1.807) is 0 Å². The summed E-state index contributed by atoms with van der Waals surface area (Å²) in [5.74, 6) is 1.65. The Bertz CT molecular complexity index is 517. The molecule has 1 fully saturated rings. The highest BCUT2D eigenvalue weighted by atomic mass is 79.9. The van der Waals surface area contributed by atoms with Gasteiger partial charge in [-0.25, -0.2) is 4.98 Å². The molecule has 3 nitrogen and oxygen atoms in total. The summed E-state index contributed by atoms with van der Waals surface area (Å²) >= 11 is 3.44. The largest absolute Gasteiger partial charge is 0.441 e. The Balaban J connectivity index is 1.72. The van der Waals surface area contributed by atoms with Gasteiger partial charge in [0.2, 0.25) is 0 Å². The highest BCUT2D eigenvalue weighted by molar-refractivity contribution is 9.10. The molecule has 0 radical (unpaired) electrons. The Hall–Kier alpha value is -0.870. The van der Waals surface area contributed by atoms with Crippen LogP contribution in [0.2, 0.25) is 0 Å². The Morgan fingerprint density at radius 2 is 2.41 bits per heavy atom. The molecule has 0 spiro atoms. The van der Waals surface area contributed by atoms with Gasteiger partial charge in [0.05, 0.1) is 0 Å². The summed E-state index contributed by atoms with van der Waals surface area (Å²) in [7, 11) is 0. The van der Waals surface area contributed by atoms with Crippen LogP contribution < -0.4 is 5.32 Å². The fourth-order valence-electron chi connectivity index (χ4n) is 2.34. The van der Waals surface area contributed by atoms with Crippen LogP contribution in [0.25, 0.3) is 11.1 Å². The van der Waals surface area contributed by atoms with Crippen molar-refractivity contribution in [3.05, 3.63) is 28.6 Å². The van der Waals surface area contributed by atoms with E-state index in [1.807, 2.05) is 18.2 Å². The predicted octanol–water partition coefficient (Wildman–Crippen LogP) is 3.13. The van der Waals surface area contributed by atoms with Crippen LogP contribution in [0.3, 0.4) is 0 Å². The first kappa shape index (κ1) is 11.2. The molecule has 90 valence electrons. The molecule has 1 saturated heterocycles. The summed E-state index contributed by atoms with van der Waals surface area (Å²) in [6, 6.07) is 5.95. The lowest BCUT2D eigenvalue weighted by atomic mass is 10.0. The number of oxazole rings is 1. The number of aryl methyl sites for hydroxylation is 1. The van der Waals surface area contributed by atoms with E-state index in [1.165, 1.54) is 12.8 Å². The van der Waals surface area contributed by atoms with Crippen molar-refractivity contribution in [3.8, 4) is 0 Å². The van der Waals surface area contributed by atoms with Crippen molar-refractivity contribution in [1.82, 2.24) is 10.3 Å². The van der Waals surface area contributed by atoms with E-state index in [0.29, 0.717) is 0 Å². The summed E-state index contributed by atoms with van der Waals surface area (Å²) < 4.78 is 6.78. The molecule has 0 amide bonds. The van der Waals surface area contributed by atoms with Gasteiger partial charge in [0, 0.05) is 10.9 Å². The molecular formula is C13H15BrN2O. The number of fused-ring (bicyclic) bond motifs is 1. The monoisotopic (exact) mass is 294 g/mol. The maximum Gasteiger partial charge on any atom is 0.195 e. The van der Waals surface area contributed by atoms with E-state index in [9.17, 15) is 0 Å². The van der Waals surface area contributed by atoms with Crippen LogP contribution in [0.4, 0.5) is 0 Å². The Kier molecular flexibility index (Phi) is 3.16. The Labute approximate surface area is 109 Å². The molecule has 1 aromatic carbocycles. The van der Waals surface area contributed by atoms with Crippen molar-refractivity contribution < 1.29 is 4.42 Å². The van der Waals surface area contributed by atoms with Crippen molar-refractivity contribution >= 4 is 27.0 Å². The molecule has 0 aliphatic carbocycles. The minimum atomic E-state index is 0.789. The van der Waals surface area contributed by atoms with Gasteiger partial charge in [-0.05, 0) is 50.0 Å². The van der Waals surface area contributed by atoms with Gasteiger partial charge in [-0.1, -0.05) is 15.9 Å². The lowest BCUT2D eigenvalue weighted by Crippen LogP contribution is -2.09. The zero-order valence-electron chi connectivity index (χ0n) is 9.58. The number of halogens is 1. The third-order valence-electron chi connectivity index (χ3n) is 3.32. The van der Waals surface area contributed by atoms with Crippen LogP contribution in [0.15, 0.2) is 27.1 Å². The molecule has 1 atom stereocenters. The first-order chi connectivity index (χ1) is 8.31. The quantitative estimate of drug-likeness (QED) is 0.945.